The average Bonchev–Trinajstić information content (AvgIpc) is 2.73. The normalized spacial score (nSPS) is 28.0. The topological polar surface area (TPSA) is 21.7 Å². The molecule has 0 aromatic rings. The Morgan fingerprint density at radius 1 is 1.35 bits per heavy atom. The summed E-state index contributed by atoms with van der Waals surface area (Å²) < 4.78 is 5.50. The highest BCUT2D eigenvalue weighted by molar-refractivity contribution is 6.30. The molecule has 4 heteroatoms. The van der Waals surface area contributed by atoms with Crippen LogP contribution in [-0.2, 0) is 9.57 Å². The molecule has 1 heterocycles. The fourth-order valence-corrected chi connectivity index (χ4v) is 3.08. The van der Waals surface area contributed by atoms with E-state index in [1.54, 1.807) is 13.4 Å². The van der Waals surface area contributed by atoms with E-state index >= 15 is 0 Å². The zero-order valence-corrected chi connectivity index (χ0v) is 11.7. The molecule has 1 atom stereocenters. The lowest BCUT2D eigenvalue weighted by Crippen LogP contribution is -2.51. The van der Waals surface area contributed by atoms with Gasteiger partial charge in [-0.15, -0.1) is 5.06 Å². The first-order valence-corrected chi connectivity index (χ1v) is 6.81. The van der Waals surface area contributed by atoms with Gasteiger partial charge in [0.15, 0.2) is 0 Å². The van der Waals surface area contributed by atoms with Crippen LogP contribution in [0.25, 0.3) is 0 Å². The minimum atomic E-state index is -0.449. The zero-order chi connectivity index (χ0) is 12.5. The summed E-state index contributed by atoms with van der Waals surface area (Å²) >= 11 is 6.31. The molecule has 0 N–H and O–H groups in total. The van der Waals surface area contributed by atoms with Crippen LogP contribution in [-0.4, -0.2) is 23.9 Å². The van der Waals surface area contributed by atoms with E-state index in [2.05, 4.69) is 0 Å². The molecular formula is C13H22ClNO2. The summed E-state index contributed by atoms with van der Waals surface area (Å²) in [5.41, 5.74) is -0.449. The number of methoxy groups -OCH3 is 1. The Kier molecular flexibility index (Phi) is 4.01. The number of rotatable bonds is 3. The fraction of sp³-hybridized carbons (Fsp3) is 0.846. The van der Waals surface area contributed by atoms with Crippen molar-refractivity contribution >= 4 is 11.6 Å². The number of hydrogen-bond donors (Lipinski definition) is 0. The van der Waals surface area contributed by atoms with Crippen LogP contribution < -0.4 is 0 Å². The van der Waals surface area contributed by atoms with E-state index in [9.17, 15) is 0 Å². The molecule has 1 aliphatic carbocycles. The predicted molar refractivity (Wildman–Crippen MR) is 68.3 cm³/mol. The molecule has 1 aliphatic heterocycles. The maximum absolute atomic E-state index is 6.31. The van der Waals surface area contributed by atoms with Gasteiger partial charge in [0.2, 0.25) is 0 Å². The highest BCUT2D eigenvalue weighted by Gasteiger charge is 2.43. The summed E-state index contributed by atoms with van der Waals surface area (Å²) in [6, 6.07) is 0.159. The first kappa shape index (κ1) is 13.2. The van der Waals surface area contributed by atoms with Crippen molar-refractivity contribution in [2.45, 2.75) is 57.7 Å². The molecule has 0 radical (unpaired) electrons. The van der Waals surface area contributed by atoms with Crippen molar-refractivity contribution in [3.05, 3.63) is 11.3 Å². The van der Waals surface area contributed by atoms with E-state index < -0.39 is 5.72 Å². The van der Waals surface area contributed by atoms with Crippen molar-refractivity contribution in [3.63, 3.8) is 0 Å². The Morgan fingerprint density at radius 2 is 2.00 bits per heavy atom. The third kappa shape index (κ3) is 2.61. The van der Waals surface area contributed by atoms with Crippen LogP contribution in [0.1, 0.15) is 46.0 Å². The molecular weight excluding hydrogens is 238 g/mol. The number of hydroxylamine groups is 2. The van der Waals surface area contributed by atoms with Crippen LogP contribution in [0.4, 0.5) is 0 Å². The molecule has 0 aromatic heterocycles. The highest BCUT2D eigenvalue weighted by atomic mass is 35.5. The lowest BCUT2D eigenvalue weighted by Gasteiger charge is -2.40. The Balaban J connectivity index is 2.13. The SMILES string of the molecule is COC(C)(C)N1OC=C(Cl)C1C1CCCCC1. The van der Waals surface area contributed by atoms with Gasteiger partial charge in [-0.1, -0.05) is 30.9 Å². The van der Waals surface area contributed by atoms with Gasteiger partial charge in [-0.3, -0.25) is 0 Å². The molecule has 2 aliphatic rings. The Bertz CT molecular complexity index is 298. The van der Waals surface area contributed by atoms with Crippen LogP contribution in [0.2, 0.25) is 0 Å². The van der Waals surface area contributed by atoms with Gasteiger partial charge in [-0.2, -0.15) is 0 Å². The number of nitrogens with zero attached hydrogens (tertiary/aromatic N) is 1. The summed E-state index contributed by atoms with van der Waals surface area (Å²) in [5.74, 6) is 0.587. The lowest BCUT2D eigenvalue weighted by atomic mass is 9.83. The molecule has 1 unspecified atom stereocenters. The van der Waals surface area contributed by atoms with Crippen LogP contribution in [0, 0.1) is 5.92 Å². The van der Waals surface area contributed by atoms with E-state index in [4.69, 9.17) is 21.2 Å². The number of ether oxygens (including phenoxy) is 1. The number of hydrogen-bond acceptors (Lipinski definition) is 3. The molecule has 0 amide bonds. The smallest absolute Gasteiger partial charge is 0.148 e. The van der Waals surface area contributed by atoms with Crippen molar-refractivity contribution in [2.24, 2.45) is 5.92 Å². The second kappa shape index (κ2) is 5.17. The van der Waals surface area contributed by atoms with Gasteiger partial charge in [0.25, 0.3) is 0 Å². The van der Waals surface area contributed by atoms with E-state index in [0.29, 0.717) is 5.92 Å². The molecule has 17 heavy (non-hydrogen) atoms. The average molecular weight is 260 g/mol. The maximum atomic E-state index is 6.31. The Hall–Kier alpha value is -0.250. The quantitative estimate of drug-likeness (QED) is 0.772. The van der Waals surface area contributed by atoms with E-state index in [-0.39, 0.29) is 6.04 Å². The molecule has 3 nitrogen and oxygen atoms in total. The summed E-state index contributed by atoms with van der Waals surface area (Å²) in [6.07, 6.45) is 8.06. The predicted octanol–water partition coefficient (Wildman–Crippen LogP) is 3.65. The van der Waals surface area contributed by atoms with Crippen LogP contribution in [0.3, 0.4) is 0 Å². The second-order valence-corrected chi connectivity index (χ2v) is 5.86. The third-order valence-electron chi connectivity index (χ3n) is 3.94. The molecule has 1 fully saturated rings. The van der Waals surface area contributed by atoms with E-state index in [1.165, 1.54) is 32.1 Å². The van der Waals surface area contributed by atoms with Gasteiger partial charge in [0.1, 0.15) is 12.0 Å². The third-order valence-corrected chi connectivity index (χ3v) is 4.25. The summed E-state index contributed by atoms with van der Waals surface area (Å²) in [6.45, 7) is 4.01. The first-order valence-electron chi connectivity index (χ1n) is 6.43. The van der Waals surface area contributed by atoms with Gasteiger partial charge >= 0.3 is 0 Å². The van der Waals surface area contributed by atoms with Crippen LogP contribution >= 0.6 is 11.6 Å². The Labute approximate surface area is 109 Å². The van der Waals surface area contributed by atoms with E-state index in [1.807, 2.05) is 18.9 Å². The molecule has 0 saturated heterocycles. The monoisotopic (exact) mass is 259 g/mol. The molecule has 0 bridgehead atoms. The molecule has 0 spiro atoms. The fourth-order valence-electron chi connectivity index (χ4n) is 2.77. The van der Waals surface area contributed by atoms with Crippen molar-refractivity contribution in [2.75, 3.05) is 7.11 Å². The maximum Gasteiger partial charge on any atom is 0.148 e. The minimum absolute atomic E-state index is 0.159. The first-order chi connectivity index (χ1) is 8.06. The minimum Gasteiger partial charge on any atom is -0.409 e. The van der Waals surface area contributed by atoms with Crippen molar-refractivity contribution in [1.82, 2.24) is 5.06 Å². The van der Waals surface area contributed by atoms with Gasteiger partial charge in [0, 0.05) is 7.11 Å². The Morgan fingerprint density at radius 3 is 2.59 bits per heavy atom. The van der Waals surface area contributed by atoms with Crippen molar-refractivity contribution in [3.8, 4) is 0 Å². The second-order valence-electron chi connectivity index (χ2n) is 5.43. The van der Waals surface area contributed by atoms with E-state index in [0.717, 1.165) is 5.03 Å². The zero-order valence-electron chi connectivity index (χ0n) is 10.9. The van der Waals surface area contributed by atoms with Gasteiger partial charge in [-0.05, 0) is 32.6 Å². The number of halogens is 1. The highest BCUT2D eigenvalue weighted by Crippen LogP contribution is 2.40. The van der Waals surface area contributed by atoms with Crippen LogP contribution in [0.5, 0.6) is 0 Å². The molecule has 0 aromatic carbocycles. The molecule has 1 saturated carbocycles. The summed E-state index contributed by atoms with van der Waals surface area (Å²) in [5, 5.41) is 2.72. The van der Waals surface area contributed by atoms with Crippen molar-refractivity contribution in [1.29, 1.82) is 0 Å². The summed E-state index contributed by atoms with van der Waals surface area (Å²) in [4.78, 5) is 5.60. The largest absolute Gasteiger partial charge is 0.409 e. The van der Waals surface area contributed by atoms with Crippen molar-refractivity contribution < 1.29 is 9.57 Å². The molecule has 98 valence electrons. The van der Waals surface area contributed by atoms with Gasteiger partial charge in [-0.25, -0.2) is 0 Å². The van der Waals surface area contributed by atoms with Gasteiger partial charge in [0.05, 0.1) is 11.1 Å². The van der Waals surface area contributed by atoms with Crippen LogP contribution in [0.15, 0.2) is 11.3 Å². The van der Waals surface area contributed by atoms with Gasteiger partial charge < -0.3 is 9.57 Å². The lowest BCUT2D eigenvalue weighted by molar-refractivity contribution is -0.269. The summed E-state index contributed by atoms with van der Waals surface area (Å²) in [7, 11) is 1.70. The standard InChI is InChI=1S/C13H22ClNO2/c1-13(2,16-3)15-12(11(14)9-17-15)10-7-5-4-6-8-10/h9-10,12H,4-8H2,1-3H3. The molecule has 2 rings (SSSR count).